The van der Waals surface area contributed by atoms with E-state index >= 15 is 0 Å². The van der Waals surface area contributed by atoms with Gasteiger partial charge in [0.05, 0.1) is 58.5 Å². The molecule has 4 aromatic heterocycles. The first-order chi connectivity index (χ1) is 22.5. The molecular weight excluding hydrogens is 576 g/mol. The van der Waals surface area contributed by atoms with E-state index in [9.17, 15) is 9.59 Å². The zero-order valence-electron chi connectivity index (χ0n) is 25.4. The van der Waals surface area contributed by atoms with Crippen molar-refractivity contribution < 1.29 is 19.1 Å². The third kappa shape index (κ3) is 6.71. The van der Waals surface area contributed by atoms with E-state index < -0.39 is 0 Å². The second-order valence-electron chi connectivity index (χ2n) is 10.3. The van der Waals surface area contributed by atoms with Crippen LogP contribution >= 0.6 is 0 Å². The van der Waals surface area contributed by atoms with Crippen molar-refractivity contribution in [3.05, 3.63) is 133 Å². The maximum absolute atomic E-state index is 12.3. The van der Waals surface area contributed by atoms with Gasteiger partial charge in [-0.1, -0.05) is 36.4 Å². The summed E-state index contributed by atoms with van der Waals surface area (Å²) >= 11 is 0. The van der Waals surface area contributed by atoms with Crippen LogP contribution in [0.3, 0.4) is 0 Å². The minimum absolute atomic E-state index is 0.309. The van der Waals surface area contributed by atoms with Crippen LogP contribution < -0.4 is 0 Å². The van der Waals surface area contributed by atoms with Gasteiger partial charge in [0.1, 0.15) is 0 Å². The van der Waals surface area contributed by atoms with E-state index in [0.29, 0.717) is 58.5 Å². The number of esters is 2. The lowest BCUT2D eigenvalue weighted by atomic mass is 9.99. The fourth-order valence-corrected chi connectivity index (χ4v) is 4.97. The molecule has 0 saturated heterocycles. The number of ether oxygens (including phenoxy) is 2. The average Bonchev–Trinajstić information content (AvgIpc) is 3.12. The van der Waals surface area contributed by atoms with Crippen molar-refractivity contribution in [2.24, 2.45) is 0 Å². The molecule has 8 nitrogen and oxygen atoms in total. The molecule has 0 radical (unpaired) electrons. The summed E-state index contributed by atoms with van der Waals surface area (Å²) in [5.74, 6) is -0.728. The van der Waals surface area contributed by atoms with Crippen LogP contribution in [0.5, 0.6) is 0 Å². The first-order valence-electron chi connectivity index (χ1n) is 14.9. The molecule has 0 aliphatic carbocycles. The topological polar surface area (TPSA) is 104 Å². The second kappa shape index (κ2) is 13.7. The van der Waals surface area contributed by atoms with Crippen LogP contribution in [-0.4, -0.2) is 45.1 Å². The molecule has 0 saturated carbocycles. The van der Waals surface area contributed by atoms with Gasteiger partial charge in [-0.3, -0.25) is 9.97 Å². The third-order valence-corrected chi connectivity index (χ3v) is 7.23. The predicted octanol–water partition coefficient (Wildman–Crippen LogP) is 7.96. The second-order valence-corrected chi connectivity index (χ2v) is 10.3. The summed E-state index contributed by atoms with van der Waals surface area (Å²) in [6.45, 7) is 4.18. The van der Waals surface area contributed by atoms with Gasteiger partial charge in [-0.05, 0) is 109 Å². The minimum Gasteiger partial charge on any atom is -0.462 e. The van der Waals surface area contributed by atoms with E-state index in [2.05, 4.69) is 9.97 Å². The van der Waals surface area contributed by atoms with Gasteiger partial charge in [0.2, 0.25) is 0 Å². The van der Waals surface area contributed by atoms with Gasteiger partial charge in [0, 0.05) is 12.4 Å². The molecule has 0 N–H and O–H groups in total. The Morgan fingerprint density at radius 3 is 1.17 bits per heavy atom. The Morgan fingerprint density at radius 1 is 0.478 bits per heavy atom. The molecule has 6 rings (SSSR count). The smallest absolute Gasteiger partial charge is 0.338 e. The largest absolute Gasteiger partial charge is 0.462 e. The van der Waals surface area contributed by atoms with E-state index in [4.69, 9.17) is 19.4 Å². The highest BCUT2D eigenvalue weighted by Gasteiger charge is 2.16. The Bertz CT molecular complexity index is 1830. The van der Waals surface area contributed by atoms with E-state index in [1.165, 1.54) is 0 Å². The lowest BCUT2D eigenvalue weighted by molar-refractivity contribution is 0.0517. The zero-order chi connectivity index (χ0) is 31.9. The summed E-state index contributed by atoms with van der Waals surface area (Å²) in [4.78, 5) is 43.7. The number of carbonyl (C=O) groups is 2. The van der Waals surface area contributed by atoms with Crippen molar-refractivity contribution in [1.82, 2.24) is 19.9 Å². The zero-order valence-corrected chi connectivity index (χ0v) is 25.4. The first kappa shape index (κ1) is 30.0. The standard InChI is InChI=1S/C38H30N4O4/c1-3-45-37(43)27-15-11-25(12-16-27)29-21-33(31-9-5-7-19-39-31)41-35(23-29)36-24-30(22-34(42-36)32-10-6-8-20-40-32)26-13-17-28(18-14-26)38(44)46-4-2/h5-24H,3-4H2,1-2H3. The van der Waals surface area contributed by atoms with Gasteiger partial charge in [-0.15, -0.1) is 0 Å². The Morgan fingerprint density at radius 2 is 0.848 bits per heavy atom. The van der Waals surface area contributed by atoms with Crippen LogP contribution in [0.1, 0.15) is 34.6 Å². The number of pyridine rings is 4. The molecule has 8 heteroatoms. The monoisotopic (exact) mass is 606 g/mol. The number of benzene rings is 2. The van der Waals surface area contributed by atoms with Gasteiger partial charge >= 0.3 is 11.9 Å². The van der Waals surface area contributed by atoms with E-state index in [1.807, 2.05) is 84.9 Å². The minimum atomic E-state index is -0.364. The quantitative estimate of drug-likeness (QED) is 0.153. The summed E-state index contributed by atoms with van der Waals surface area (Å²) in [7, 11) is 0. The molecule has 2 aromatic carbocycles. The summed E-state index contributed by atoms with van der Waals surface area (Å²) in [5, 5.41) is 0. The number of hydrogen-bond acceptors (Lipinski definition) is 8. The number of nitrogens with zero attached hydrogens (tertiary/aromatic N) is 4. The average molecular weight is 607 g/mol. The number of carbonyl (C=O) groups excluding carboxylic acids is 2. The van der Waals surface area contributed by atoms with E-state index in [0.717, 1.165) is 22.3 Å². The Kier molecular flexibility index (Phi) is 8.97. The Labute approximate surface area is 266 Å². The van der Waals surface area contributed by atoms with Crippen LogP contribution in [0.25, 0.3) is 56.4 Å². The molecule has 226 valence electrons. The Balaban J connectivity index is 1.49. The van der Waals surface area contributed by atoms with Gasteiger partial charge in [0.25, 0.3) is 0 Å². The van der Waals surface area contributed by atoms with Crippen molar-refractivity contribution in [3.8, 4) is 56.4 Å². The molecule has 0 aliphatic heterocycles. The van der Waals surface area contributed by atoms with Crippen molar-refractivity contribution in [1.29, 1.82) is 0 Å². The predicted molar refractivity (Wildman–Crippen MR) is 177 cm³/mol. The molecule has 6 aromatic rings. The summed E-state index contributed by atoms with van der Waals surface area (Å²) in [6.07, 6.45) is 3.46. The van der Waals surface area contributed by atoms with Crippen LogP contribution in [0.4, 0.5) is 0 Å². The van der Waals surface area contributed by atoms with E-state index in [1.54, 1.807) is 50.5 Å². The molecule has 0 bridgehead atoms. The number of aromatic nitrogens is 4. The SMILES string of the molecule is CCOC(=O)c1ccc(-c2cc(-c3ccccn3)nc(-c3cc(-c4ccc(C(=O)OCC)cc4)cc(-c4ccccn4)n3)c2)cc1. The highest BCUT2D eigenvalue weighted by molar-refractivity contribution is 5.91. The van der Waals surface area contributed by atoms with Crippen molar-refractivity contribution in [2.75, 3.05) is 13.2 Å². The van der Waals surface area contributed by atoms with Crippen LogP contribution in [0.15, 0.2) is 122 Å². The fraction of sp³-hybridized carbons (Fsp3) is 0.105. The lowest BCUT2D eigenvalue weighted by Crippen LogP contribution is -2.04. The summed E-state index contributed by atoms with van der Waals surface area (Å²) in [5.41, 5.74) is 8.55. The van der Waals surface area contributed by atoms with Gasteiger partial charge in [0.15, 0.2) is 0 Å². The lowest BCUT2D eigenvalue weighted by Gasteiger charge is -2.13. The fourth-order valence-electron chi connectivity index (χ4n) is 4.97. The molecule has 0 spiro atoms. The van der Waals surface area contributed by atoms with Gasteiger partial charge < -0.3 is 9.47 Å². The number of hydrogen-bond donors (Lipinski definition) is 0. The van der Waals surface area contributed by atoms with E-state index in [-0.39, 0.29) is 11.9 Å². The van der Waals surface area contributed by atoms with Crippen LogP contribution in [0.2, 0.25) is 0 Å². The first-order valence-corrected chi connectivity index (χ1v) is 14.9. The molecule has 4 heterocycles. The van der Waals surface area contributed by atoms with Gasteiger partial charge in [-0.2, -0.15) is 0 Å². The molecule has 0 aliphatic rings. The van der Waals surface area contributed by atoms with Crippen molar-refractivity contribution in [2.45, 2.75) is 13.8 Å². The molecule has 0 amide bonds. The highest BCUT2D eigenvalue weighted by Crippen LogP contribution is 2.33. The summed E-state index contributed by atoms with van der Waals surface area (Å²) < 4.78 is 10.3. The maximum Gasteiger partial charge on any atom is 0.338 e. The normalized spacial score (nSPS) is 10.7. The molecule has 0 unspecified atom stereocenters. The Hall–Kier alpha value is -6.02. The third-order valence-electron chi connectivity index (χ3n) is 7.23. The van der Waals surface area contributed by atoms with Crippen LogP contribution in [0, 0.1) is 0 Å². The molecule has 46 heavy (non-hydrogen) atoms. The molecular formula is C38H30N4O4. The van der Waals surface area contributed by atoms with Gasteiger partial charge in [-0.25, -0.2) is 19.6 Å². The van der Waals surface area contributed by atoms with Crippen molar-refractivity contribution >= 4 is 11.9 Å². The summed E-state index contributed by atoms with van der Waals surface area (Å²) in [6, 6.07) is 33.9. The molecule has 0 fully saturated rings. The highest BCUT2D eigenvalue weighted by atomic mass is 16.5. The number of rotatable bonds is 9. The van der Waals surface area contributed by atoms with Crippen molar-refractivity contribution in [3.63, 3.8) is 0 Å². The molecule has 0 atom stereocenters. The maximum atomic E-state index is 12.3. The van der Waals surface area contributed by atoms with Crippen LogP contribution in [-0.2, 0) is 9.47 Å².